The fourth-order valence-electron chi connectivity index (χ4n) is 4.87. The molecule has 0 bridgehead atoms. The first-order valence-corrected chi connectivity index (χ1v) is 14.2. The largest absolute Gasteiger partial charge is 1.00 e. The van der Waals surface area contributed by atoms with E-state index in [1.165, 1.54) is 12.1 Å². The van der Waals surface area contributed by atoms with Gasteiger partial charge in [-0.05, 0) is 48.4 Å². The first-order chi connectivity index (χ1) is 22.6. The fourth-order valence-corrected chi connectivity index (χ4v) is 4.87. The summed E-state index contributed by atoms with van der Waals surface area (Å²) in [5.74, 6) is -4.04. The second kappa shape index (κ2) is 21.3. The van der Waals surface area contributed by atoms with E-state index in [4.69, 9.17) is 10.2 Å². The fraction of sp³-hybridized carbons (Fsp3) is 0.118. The Kier molecular flexibility index (Phi) is 19.1. The van der Waals surface area contributed by atoms with Crippen molar-refractivity contribution in [3.8, 4) is 0 Å². The van der Waals surface area contributed by atoms with Crippen molar-refractivity contribution in [1.82, 2.24) is 10.6 Å². The molecule has 6 rings (SSSR count). The van der Waals surface area contributed by atoms with Gasteiger partial charge in [0.25, 0.3) is 23.6 Å². The van der Waals surface area contributed by atoms with Crippen LogP contribution in [-0.2, 0) is 13.1 Å². The molecule has 0 radical (unpaired) electrons. The van der Waals surface area contributed by atoms with Gasteiger partial charge in [-0.2, -0.15) is 0 Å². The van der Waals surface area contributed by atoms with Crippen LogP contribution in [0.3, 0.4) is 0 Å². The molecule has 248 valence electrons. The molecule has 4 amide bonds. The Labute approximate surface area is 371 Å². The molecular weight excluding hydrogens is 703 g/mol. The molecule has 4 aromatic carbocycles. The molecule has 0 atom stereocenters. The Morgan fingerprint density at radius 2 is 1.02 bits per heavy atom. The normalized spacial score (nSPS) is 11.6. The third-order valence-electron chi connectivity index (χ3n) is 6.95. The van der Waals surface area contributed by atoms with Crippen molar-refractivity contribution in [2.75, 3.05) is 17.2 Å². The zero-order chi connectivity index (χ0) is 34.1. The molecule has 0 saturated heterocycles. The monoisotopic (exact) mass is 732 g/mol. The van der Waals surface area contributed by atoms with Crippen molar-refractivity contribution in [3.05, 3.63) is 129 Å². The van der Waals surface area contributed by atoms with Crippen LogP contribution in [0.25, 0.3) is 0 Å². The van der Waals surface area contributed by atoms with E-state index >= 15 is 0 Å². The number of carbonyl (C=O) groups excluding carboxylic acids is 5. The third-order valence-corrected chi connectivity index (χ3v) is 6.95. The van der Waals surface area contributed by atoms with Gasteiger partial charge in [0.05, 0.1) is 33.8 Å². The van der Waals surface area contributed by atoms with Crippen molar-refractivity contribution in [2.45, 2.75) is 20.0 Å². The maximum atomic E-state index is 11.8. The van der Waals surface area contributed by atoms with Gasteiger partial charge in [0, 0.05) is 36.6 Å². The topological polar surface area (TPSA) is 244 Å². The molecule has 50 heavy (non-hydrogen) atoms. The summed E-state index contributed by atoms with van der Waals surface area (Å²) in [6.45, 7) is 2.36. The smallest absolute Gasteiger partial charge is 0.870 e. The number of hydrogen-bond acceptors (Lipinski definition) is 11. The molecule has 0 spiro atoms. The van der Waals surface area contributed by atoms with Crippen LogP contribution in [0.2, 0.25) is 0 Å². The molecule has 0 unspecified atom stereocenters. The second-order valence-corrected chi connectivity index (χ2v) is 9.95. The SMILES string of the molecule is CCO.O=C(O)c1ccccc1CNc1cccc2c1C(=O)NC2=O.O=C([O-])c1ccccc1CNc1cccc2c1C(=O)NC2=O.[K+].[K+].[OH-]. The number of aliphatic hydroxyl groups is 1. The Bertz CT molecular complexity index is 1770. The Hall–Kier alpha value is -3.11. The number of carbonyl (C=O) groups is 6. The second-order valence-electron chi connectivity index (χ2n) is 9.95. The van der Waals surface area contributed by atoms with Gasteiger partial charge in [-0.1, -0.05) is 54.6 Å². The minimum absolute atomic E-state index is 0. The van der Waals surface area contributed by atoms with E-state index in [2.05, 4.69) is 21.3 Å². The van der Waals surface area contributed by atoms with Crippen molar-refractivity contribution >= 4 is 46.9 Å². The summed E-state index contributed by atoms with van der Waals surface area (Å²) >= 11 is 0. The van der Waals surface area contributed by atoms with Gasteiger partial charge in [-0.3, -0.25) is 29.8 Å². The first-order valence-electron chi connectivity index (χ1n) is 14.2. The quantitative estimate of drug-likeness (QED) is 0.0757. The molecule has 2 aliphatic rings. The zero-order valence-corrected chi connectivity index (χ0v) is 33.6. The summed E-state index contributed by atoms with van der Waals surface area (Å²) in [4.78, 5) is 69.1. The van der Waals surface area contributed by atoms with Crippen LogP contribution < -0.4 is 129 Å². The number of aromatic carboxylic acids is 2. The molecule has 2 aliphatic heterocycles. The number of nitrogens with one attached hydrogen (secondary N) is 4. The third kappa shape index (κ3) is 10.9. The van der Waals surface area contributed by atoms with Crippen molar-refractivity contribution < 1.29 is 152 Å². The van der Waals surface area contributed by atoms with Crippen LogP contribution in [0.1, 0.15) is 80.2 Å². The summed E-state index contributed by atoms with van der Waals surface area (Å²) in [6, 6.07) is 22.9. The first kappa shape index (κ1) is 44.9. The summed E-state index contributed by atoms with van der Waals surface area (Å²) in [6.07, 6.45) is 0. The minimum Gasteiger partial charge on any atom is -0.870 e. The van der Waals surface area contributed by atoms with Crippen LogP contribution in [-0.4, -0.2) is 57.9 Å². The molecule has 14 nitrogen and oxygen atoms in total. The molecule has 4 aromatic rings. The van der Waals surface area contributed by atoms with Gasteiger partial charge in [0.1, 0.15) is 0 Å². The molecule has 16 heteroatoms. The minimum atomic E-state index is -1.26. The number of anilines is 2. The molecule has 0 fully saturated rings. The van der Waals surface area contributed by atoms with Gasteiger partial charge in [0.15, 0.2) is 0 Å². The Morgan fingerprint density at radius 3 is 1.42 bits per heavy atom. The number of fused-ring (bicyclic) bond motifs is 2. The molecule has 0 aliphatic carbocycles. The summed E-state index contributed by atoms with van der Waals surface area (Å²) in [7, 11) is 0. The van der Waals surface area contributed by atoms with Gasteiger partial charge in [-0.15, -0.1) is 0 Å². The average molecular weight is 733 g/mol. The molecule has 0 aromatic heterocycles. The number of imide groups is 2. The number of amides is 4. The summed E-state index contributed by atoms with van der Waals surface area (Å²) in [5, 5.41) is 38.3. The van der Waals surface area contributed by atoms with Crippen LogP contribution in [0, 0.1) is 0 Å². The summed E-state index contributed by atoms with van der Waals surface area (Å²) in [5.41, 5.74) is 3.59. The summed E-state index contributed by atoms with van der Waals surface area (Å²) < 4.78 is 0. The van der Waals surface area contributed by atoms with E-state index in [0.29, 0.717) is 39.2 Å². The van der Waals surface area contributed by atoms with Gasteiger partial charge in [-0.25, -0.2) is 4.79 Å². The maximum absolute atomic E-state index is 11.8. The maximum Gasteiger partial charge on any atom is 1.00 e. The van der Waals surface area contributed by atoms with Gasteiger partial charge in [0.2, 0.25) is 0 Å². The number of rotatable bonds is 8. The van der Waals surface area contributed by atoms with Crippen molar-refractivity contribution in [3.63, 3.8) is 0 Å². The van der Waals surface area contributed by atoms with E-state index in [0.717, 1.165) is 0 Å². The van der Waals surface area contributed by atoms with Gasteiger partial charge >= 0.3 is 109 Å². The van der Waals surface area contributed by atoms with E-state index in [9.17, 15) is 33.9 Å². The van der Waals surface area contributed by atoms with E-state index in [1.807, 2.05) is 0 Å². The standard InChI is InChI=1S/2C16H12N2O4.C2H6O.2K.H2O/c2*19-14-11-6-3-7-12(13(11)15(20)18-14)17-8-9-4-1-2-5-10(9)16(21)22;1-2-3;;;/h2*1-7,17H,8H2,(H,21,22)(H,18,19,20);3H,2H2,1H3;;;1H2/q;;;2*+1;/p-2. The van der Waals surface area contributed by atoms with E-state index in [1.54, 1.807) is 79.7 Å². The molecule has 7 N–H and O–H groups in total. The molecule has 2 heterocycles. The van der Waals surface area contributed by atoms with Crippen molar-refractivity contribution in [2.24, 2.45) is 0 Å². The zero-order valence-electron chi connectivity index (χ0n) is 27.4. The predicted octanol–water partition coefficient (Wildman–Crippen LogP) is -3.74. The van der Waals surface area contributed by atoms with E-state index < -0.39 is 35.6 Å². The van der Waals surface area contributed by atoms with Crippen LogP contribution in [0.4, 0.5) is 11.4 Å². The Balaban J connectivity index is 0.000000439. The van der Waals surface area contributed by atoms with Crippen LogP contribution in [0.15, 0.2) is 84.9 Å². The van der Waals surface area contributed by atoms with E-state index in [-0.39, 0.29) is 145 Å². The van der Waals surface area contributed by atoms with Crippen LogP contribution in [0.5, 0.6) is 0 Å². The average Bonchev–Trinajstić information content (AvgIpc) is 3.53. The number of hydrogen-bond donors (Lipinski definition) is 6. The number of carboxylic acid groups (broad SMARTS) is 2. The predicted molar refractivity (Wildman–Crippen MR) is 170 cm³/mol. The number of benzene rings is 4. The number of carboxylic acids is 2. The number of aliphatic hydroxyl groups excluding tert-OH is 1. The molecule has 0 saturated carbocycles. The molecular formula is C34H30K2N4O10. The Morgan fingerprint density at radius 1 is 0.640 bits per heavy atom. The van der Waals surface area contributed by atoms with Gasteiger partial charge < -0.3 is 36.2 Å². The van der Waals surface area contributed by atoms with Crippen molar-refractivity contribution in [1.29, 1.82) is 0 Å². The van der Waals surface area contributed by atoms with Crippen LogP contribution >= 0.6 is 0 Å².